The molecular weight excluding hydrogens is 287 g/mol. The van der Waals surface area contributed by atoms with Crippen LogP contribution in [0.25, 0.3) is 0 Å². The summed E-state index contributed by atoms with van der Waals surface area (Å²) in [6.07, 6.45) is 0.612. The van der Waals surface area contributed by atoms with Gasteiger partial charge >= 0.3 is 0 Å². The Bertz CT molecular complexity index is 650. The Hall–Kier alpha value is -0.900. The van der Waals surface area contributed by atoms with Gasteiger partial charge in [-0.3, -0.25) is 0 Å². The fourth-order valence-corrected chi connectivity index (χ4v) is 2.37. The fourth-order valence-electron chi connectivity index (χ4n) is 1.63. The van der Waals surface area contributed by atoms with Gasteiger partial charge in [0.05, 0.1) is 0 Å². The summed E-state index contributed by atoms with van der Waals surface area (Å²) in [5.41, 5.74) is 3.02. The normalized spacial score (nSPS) is 10.7. The van der Waals surface area contributed by atoms with E-state index in [9.17, 15) is 0 Å². The number of aryl methyl sites for hydroxylation is 1. The number of nitrogens with zero attached hydrogens (tertiary/aromatic N) is 1. The first-order chi connectivity index (χ1) is 8.47. The molecule has 0 aliphatic heterocycles. The average Bonchev–Trinajstić information content (AvgIpc) is 2.29. The fraction of sp³-hybridized carbons (Fsp3) is 0.231. The molecule has 0 unspecified atom stereocenters. The van der Waals surface area contributed by atoms with Crippen molar-refractivity contribution in [2.24, 2.45) is 0 Å². The smallest absolute Gasteiger partial charge is 0.132 e. The van der Waals surface area contributed by atoms with Crippen molar-refractivity contribution >= 4 is 35.4 Å². The number of aromatic nitrogens is 2. The second-order valence-electron chi connectivity index (χ2n) is 4.15. The molecule has 2 rings (SSSR count). The minimum Gasteiger partial charge on any atom is -0.347 e. The lowest BCUT2D eigenvalue weighted by Gasteiger charge is -2.07. The van der Waals surface area contributed by atoms with Crippen LogP contribution in [-0.4, -0.2) is 9.97 Å². The van der Waals surface area contributed by atoms with Crippen molar-refractivity contribution in [2.75, 3.05) is 0 Å². The third-order valence-corrected chi connectivity index (χ3v) is 3.81. The number of nitrogens with one attached hydrogen (secondary N) is 1. The zero-order chi connectivity index (χ0) is 13.3. The molecule has 5 heteroatoms. The summed E-state index contributed by atoms with van der Waals surface area (Å²) in [6, 6.07) is 5.45. The van der Waals surface area contributed by atoms with Crippen LogP contribution in [0.3, 0.4) is 0 Å². The van der Waals surface area contributed by atoms with Gasteiger partial charge < -0.3 is 4.98 Å². The first kappa shape index (κ1) is 13.5. The molecule has 2 nitrogen and oxygen atoms in total. The molecule has 1 heterocycles. The van der Waals surface area contributed by atoms with E-state index in [1.54, 1.807) is 6.07 Å². The monoisotopic (exact) mass is 298 g/mol. The number of H-pyrrole nitrogens is 1. The predicted molar refractivity (Wildman–Crippen MR) is 78.2 cm³/mol. The van der Waals surface area contributed by atoms with Crippen LogP contribution in [0.1, 0.15) is 22.6 Å². The lowest BCUT2D eigenvalue weighted by molar-refractivity contribution is 0.918. The van der Waals surface area contributed by atoms with Crippen LogP contribution in [0, 0.1) is 18.5 Å². The van der Waals surface area contributed by atoms with Gasteiger partial charge in [-0.05, 0) is 31.5 Å². The number of benzene rings is 1. The van der Waals surface area contributed by atoms with Gasteiger partial charge in [0.15, 0.2) is 0 Å². The summed E-state index contributed by atoms with van der Waals surface area (Å²) in [7, 11) is 0. The Kier molecular flexibility index (Phi) is 4.05. The van der Waals surface area contributed by atoms with E-state index in [4.69, 9.17) is 35.4 Å². The van der Waals surface area contributed by atoms with Crippen LogP contribution < -0.4 is 0 Å². The Morgan fingerprint density at radius 3 is 2.61 bits per heavy atom. The molecule has 0 atom stereocenters. The molecule has 18 heavy (non-hydrogen) atoms. The van der Waals surface area contributed by atoms with Crippen molar-refractivity contribution in [3.05, 3.63) is 55.5 Å². The third kappa shape index (κ3) is 2.91. The maximum Gasteiger partial charge on any atom is 0.132 e. The number of hydrogen-bond donors (Lipinski definition) is 1. The maximum absolute atomic E-state index is 6.14. The Morgan fingerprint density at radius 2 is 2.00 bits per heavy atom. The van der Waals surface area contributed by atoms with E-state index in [1.807, 2.05) is 26.0 Å². The van der Waals surface area contributed by atoms with E-state index in [0.717, 1.165) is 22.6 Å². The lowest BCUT2D eigenvalue weighted by Crippen LogP contribution is -2.01. The second kappa shape index (κ2) is 5.39. The summed E-state index contributed by atoms with van der Waals surface area (Å²) in [5.74, 6) is 0.812. The standard InChI is InChI=1S/C13H12Cl2N2S/c1-7-8(2)16-12(17-13(7)18)5-9-3-4-10(14)6-11(9)15/h3-4,6H,5H2,1-2H3,(H,16,17,18). The Balaban J connectivity index is 2.37. The van der Waals surface area contributed by atoms with Crippen LogP contribution in [0.4, 0.5) is 0 Å². The van der Waals surface area contributed by atoms with Crippen LogP contribution in [-0.2, 0) is 6.42 Å². The van der Waals surface area contributed by atoms with E-state index in [1.165, 1.54) is 0 Å². The predicted octanol–water partition coefficient (Wildman–Crippen LogP) is 4.65. The van der Waals surface area contributed by atoms with Gasteiger partial charge in [-0.15, -0.1) is 0 Å². The van der Waals surface area contributed by atoms with E-state index in [2.05, 4.69) is 9.97 Å². The summed E-state index contributed by atoms with van der Waals surface area (Å²) in [6.45, 7) is 3.94. The zero-order valence-electron chi connectivity index (χ0n) is 10.1. The van der Waals surface area contributed by atoms with Gasteiger partial charge in [0.25, 0.3) is 0 Å². The topological polar surface area (TPSA) is 28.7 Å². The molecule has 0 amide bonds. The number of aromatic amines is 1. The minimum atomic E-state index is 0.612. The molecule has 2 aromatic rings. The summed E-state index contributed by atoms with van der Waals surface area (Å²) >= 11 is 17.2. The number of rotatable bonds is 2. The maximum atomic E-state index is 6.14. The molecule has 0 fully saturated rings. The van der Waals surface area contributed by atoms with E-state index in [-0.39, 0.29) is 0 Å². The van der Waals surface area contributed by atoms with Gasteiger partial charge in [0.2, 0.25) is 0 Å². The van der Waals surface area contributed by atoms with Crippen LogP contribution in [0.2, 0.25) is 10.0 Å². The highest BCUT2D eigenvalue weighted by Crippen LogP contribution is 2.22. The van der Waals surface area contributed by atoms with Gasteiger partial charge in [-0.25, -0.2) is 4.98 Å². The number of hydrogen-bond acceptors (Lipinski definition) is 2. The Morgan fingerprint density at radius 1 is 1.28 bits per heavy atom. The molecule has 0 aliphatic rings. The minimum absolute atomic E-state index is 0.612. The van der Waals surface area contributed by atoms with Gasteiger partial charge in [0.1, 0.15) is 10.5 Å². The van der Waals surface area contributed by atoms with Crippen molar-refractivity contribution < 1.29 is 0 Å². The molecular formula is C13H12Cl2N2S. The molecule has 1 N–H and O–H groups in total. The van der Waals surface area contributed by atoms with E-state index >= 15 is 0 Å². The average molecular weight is 299 g/mol. The Labute approximate surface area is 121 Å². The second-order valence-corrected chi connectivity index (χ2v) is 5.38. The molecule has 0 saturated carbocycles. The first-order valence-electron chi connectivity index (χ1n) is 5.47. The SMILES string of the molecule is Cc1[nH]c(Cc2ccc(Cl)cc2Cl)nc(=S)c1C. The zero-order valence-corrected chi connectivity index (χ0v) is 12.4. The summed E-state index contributed by atoms with van der Waals surface area (Å²) < 4.78 is 0.631. The van der Waals surface area contributed by atoms with E-state index in [0.29, 0.717) is 21.1 Å². The largest absolute Gasteiger partial charge is 0.347 e. The van der Waals surface area contributed by atoms with Gasteiger partial charge in [0, 0.05) is 27.7 Å². The van der Waals surface area contributed by atoms with Crippen molar-refractivity contribution in [1.82, 2.24) is 9.97 Å². The highest BCUT2D eigenvalue weighted by Gasteiger charge is 2.06. The quantitative estimate of drug-likeness (QED) is 0.817. The molecule has 0 aliphatic carbocycles. The molecule has 0 saturated heterocycles. The van der Waals surface area contributed by atoms with E-state index < -0.39 is 0 Å². The van der Waals surface area contributed by atoms with Crippen LogP contribution >= 0.6 is 35.4 Å². The molecule has 94 valence electrons. The van der Waals surface area contributed by atoms with Gasteiger partial charge in [-0.2, -0.15) is 0 Å². The molecule has 0 spiro atoms. The van der Waals surface area contributed by atoms with Crippen molar-refractivity contribution in [1.29, 1.82) is 0 Å². The highest BCUT2D eigenvalue weighted by molar-refractivity contribution is 7.71. The number of halogens is 2. The third-order valence-electron chi connectivity index (χ3n) is 2.82. The first-order valence-corrected chi connectivity index (χ1v) is 6.64. The molecule has 1 aromatic heterocycles. The van der Waals surface area contributed by atoms with Crippen molar-refractivity contribution in [3.8, 4) is 0 Å². The van der Waals surface area contributed by atoms with Crippen LogP contribution in [0.5, 0.6) is 0 Å². The van der Waals surface area contributed by atoms with Crippen molar-refractivity contribution in [2.45, 2.75) is 20.3 Å². The molecule has 0 radical (unpaired) electrons. The summed E-state index contributed by atoms with van der Waals surface area (Å²) in [5, 5.41) is 1.27. The lowest BCUT2D eigenvalue weighted by atomic mass is 10.1. The highest BCUT2D eigenvalue weighted by atomic mass is 35.5. The summed E-state index contributed by atoms with van der Waals surface area (Å²) in [4.78, 5) is 7.60. The van der Waals surface area contributed by atoms with Crippen LogP contribution in [0.15, 0.2) is 18.2 Å². The van der Waals surface area contributed by atoms with Gasteiger partial charge in [-0.1, -0.05) is 41.5 Å². The van der Waals surface area contributed by atoms with Crippen molar-refractivity contribution in [3.63, 3.8) is 0 Å². The molecule has 1 aromatic carbocycles. The molecule has 0 bridgehead atoms.